The Bertz CT molecular complexity index is 502. The third-order valence-corrected chi connectivity index (χ3v) is 5.75. The first-order valence-electron chi connectivity index (χ1n) is 9.18. The molecule has 0 bridgehead atoms. The van der Waals surface area contributed by atoms with Crippen LogP contribution < -0.4 is 5.32 Å². The van der Waals surface area contributed by atoms with Gasteiger partial charge in [0.05, 0.1) is 0 Å². The summed E-state index contributed by atoms with van der Waals surface area (Å²) in [7, 11) is 2.27. The lowest BCUT2D eigenvalue weighted by Gasteiger charge is -2.41. The molecule has 2 heterocycles. The molecule has 2 aliphatic rings. The number of nitrogens with one attached hydrogen (secondary N) is 1. The summed E-state index contributed by atoms with van der Waals surface area (Å²) in [6, 6.07) is 4.78. The highest BCUT2D eigenvalue weighted by Crippen LogP contribution is 2.26. The van der Waals surface area contributed by atoms with Crippen LogP contribution in [0.4, 0.5) is 0 Å². The van der Waals surface area contributed by atoms with Crippen molar-refractivity contribution in [3.8, 4) is 0 Å². The van der Waals surface area contributed by atoms with Gasteiger partial charge in [-0.15, -0.1) is 0 Å². The SMILES string of the molecule is BCCc1ccc(CC2CN(CC3CCNC3)C2)c(C)c1C. The molecule has 0 aliphatic carbocycles. The molecule has 0 aromatic heterocycles. The second-order valence-electron chi connectivity index (χ2n) is 7.53. The fourth-order valence-corrected chi connectivity index (χ4v) is 4.20. The van der Waals surface area contributed by atoms with Crippen LogP contribution in [0.25, 0.3) is 0 Å². The fraction of sp³-hybridized carbons (Fsp3) is 0.684. The van der Waals surface area contributed by atoms with Crippen LogP contribution in [0, 0.1) is 25.7 Å². The monoisotopic (exact) mass is 298 g/mol. The third-order valence-electron chi connectivity index (χ3n) is 5.75. The minimum absolute atomic E-state index is 0.879. The van der Waals surface area contributed by atoms with E-state index in [4.69, 9.17) is 0 Å². The Morgan fingerprint density at radius 3 is 2.55 bits per heavy atom. The molecule has 0 amide bonds. The van der Waals surface area contributed by atoms with Gasteiger partial charge in [-0.05, 0) is 80.3 Å². The molecule has 2 fully saturated rings. The third kappa shape index (κ3) is 3.57. The van der Waals surface area contributed by atoms with E-state index in [-0.39, 0.29) is 0 Å². The van der Waals surface area contributed by atoms with Crippen LogP contribution >= 0.6 is 0 Å². The molecule has 3 heteroatoms. The molecule has 1 atom stereocenters. The normalized spacial score (nSPS) is 22.9. The molecule has 1 unspecified atom stereocenters. The van der Waals surface area contributed by atoms with E-state index in [1.54, 1.807) is 16.7 Å². The molecule has 0 spiro atoms. The van der Waals surface area contributed by atoms with Gasteiger partial charge in [-0.1, -0.05) is 18.5 Å². The van der Waals surface area contributed by atoms with Gasteiger partial charge in [0.1, 0.15) is 7.85 Å². The largest absolute Gasteiger partial charge is 0.316 e. The number of hydrogen-bond acceptors (Lipinski definition) is 2. The molecule has 1 N–H and O–H groups in total. The zero-order chi connectivity index (χ0) is 15.5. The zero-order valence-corrected chi connectivity index (χ0v) is 14.6. The van der Waals surface area contributed by atoms with Crippen LogP contribution in [0.1, 0.15) is 28.7 Å². The summed E-state index contributed by atoms with van der Waals surface area (Å²) in [5.41, 5.74) is 6.22. The number of aryl methyl sites for hydroxylation is 1. The summed E-state index contributed by atoms with van der Waals surface area (Å²) in [5.74, 6) is 1.78. The maximum atomic E-state index is 3.48. The molecule has 1 aromatic rings. The van der Waals surface area contributed by atoms with Gasteiger partial charge in [0.2, 0.25) is 0 Å². The smallest absolute Gasteiger partial charge is 0.101 e. The van der Waals surface area contributed by atoms with Gasteiger partial charge in [0.15, 0.2) is 0 Å². The standard InChI is InChI=1S/C19H31BN2/c1-14-15(2)19(4-3-18(14)5-7-20)9-17-12-22(13-17)11-16-6-8-21-10-16/h3-4,16-17,21H,5-13,20H2,1-2H3. The Balaban J connectivity index is 1.51. The first-order chi connectivity index (χ1) is 10.7. The van der Waals surface area contributed by atoms with E-state index in [2.05, 4.69) is 44.0 Å². The summed E-state index contributed by atoms with van der Waals surface area (Å²) in [4.78, 5) is 2.66. The topological polar surface area (TPSA) is 15.3 Å². The van der Waals surface area contributed by atoms with Gasteiger partial charge >= 0.3 is 0 Å². The van der Waals surface area contributed by atoms with E-state index in [0.29, 0.717) is 0 Å². The van der Waals surface area contributed by atoms with Gasteiger partial charge in [0, 0.05) is 19.6 Å². The first kappa shape index (κ1) is 16.1. The van der Waals surface area contributed by atoms with E-state index < -0.39 is 0 Å². The molecule has 0 saturated carbocycles. The number of benzene rings is 1. The molecule has 2 saturated heterocycles. The average Bonchev–Trinajstić information content (AvgIpc) is 2.97. The van der Waals surface area contributed by atoms with Crippen LogP contribution in [0.5, 0.6) is 0 Å². The lowest BCUT2D eigenvalue weighted by atomic mass is 9.85. The molecular formula is C19H31BN2. The summed E-state index contributed by atoms with van der Waals surface area (Å²) >= 11 is 0. The van der Waals surface area contributed by atoms with E-state index in [0.717, 1.165) is 11.8 Å². The molecule has 22 heavy (non-hydrogen) atoms. The Hall–Kier alpha value is -0.795. The van der Waals surface area contributed by atoms with Crippen molar-refractivity contribution in [3.63, 3.8) is 0 Å². The number of rotatable bonds is 6. The van der Waals surface area contributed by atoms with Crippen molar-refractivity contribution in [1.29, 1.82) is 0 Å². The highest BCUT2D eigenvalue weighted by molar-refractivity contribution is 6.08. The van der Waals surface area contributed by atoms with Gasteiger partial charge < -0.3 is 10.2 Å². The highest BCUT2D eigenvalue weighted by Gasteiger charge is 2.29. The average molecular weight is 298 g/mol. The molecular weight excluding hydrogens is 267 g/mol. The second-order valence-corrected chi connectivity index (χ2v) is 7.53. The zero-order valence-electron chi connectivity index (χ0n) is 14.6. The molecule has 120 valence electrons. The molecule has 1 aromatic carbocycles. The van der Waals surface area contributed by atoms with Crippen LogP contribution in [0.3, 0.4) is 0 Å². The van der Waals surface area contributed by atoms with Crippen LogP contribution in [-0.2, 0) is 12.8 Å². The minimum Gasteiger partial charge on any atom is -0.316 e. The van der Waals surface area contributed by atoms with E-state index in [1.807, 2.05) is 0 Å². The van der Waals surface area contributed by atoms with Crippen molar-refractivity contribution in [2.45, 2.75) is 39.4 Å². The summed E-state index contributed by atoms with van der Waals surface area (Å²) < 4.78 is 0. The van der Waals surface area contributed by atoms with Crippen LogP contribution in [0.2, 0.25) is 6.32 Å². The van der Waals surface area contributed by atoms with Crippen molar-refractivity contribution in [2.75, 3.05) is 32.7 Å². The van der Waals surface area contributed by atoms with Gasteiger partial charge in [-0.25, -0.2) is 0 Å². The quantitative estimate of drug-likeness (QED) is 0.808. The summed E-state index contributed by atoms with van der Waals surface area (Å²) in [5, 5.41) is 3.48. The van der Waals surface area contributed by atoms with Crippen LogP contribution in [0.15, 0.2) is 12.1 Å². The van der Waals surface area contributed by atoms with E-state index in [1.165, 1.54) is 63.9 Å². The van der Waals surface area contributed by atoms with Gasteiger partial charge in [-0.3, -0.25) is 0 Å². The van der Waals surface area contributed by atoms with Gasteiger partial charge in [0.25, 0.3) is 0 Å². The minimum atomic E-state index is 0.879. The summed E-state index contributed by atoms with van der Waals surface area (Å²) in [6.45, 7) is 11.0. The second kappa shape index (κ2) is 7.19. The maximum Gasteiger partial charge on any atom is 0.101 e. The van der Waals surface area contributed by atoms with E-state index >= 15 is 0 Å². The number of hydrogen-bond donors (Lipinski definition) is 1. The molecule has 3 rings (SSSR count). The van der Waals surface area contributed by atoms with Crippen molar-refractivity contribution in [3.05, 3.63) is 34.4 Å². The first-order valence-corrected chi connectivity index (χ1v) is 9.18. The molecule has 0 radical (unpaired) electrons. The molecule has 2 nitrogen and oxygen atoms in total. The van der Waals surface area contributed by atoms with Crippen molar-refractivity contribution in [2.24, 2.45) is 11.8 Å². The Morgan fingerprint density at radius 1 is 1.14 bits per heavy atom. The summed E-state index contributed by atoms with van der Waals surface area (Å²) in [6.07, 6.45) is 5.11. The number of nitrogens with zero attached hydrogens (tertiary/aromatic N) is 1. The van der Waals surface area contributed by atoms with Gasteiger partial charge in [-0.2, -0.15) is 0 Å². The number of likely N-dealkylation sites (tertiary alicyclic amines) is 1. The predicted molar refractivity (Wildman–Crippen MR) is 97.6 cm³/mol. The highest BCUT2D eigenvalue weighted by atomic mass is 15.2. The lowest BCUT2D eigenvalue weighted by molar-refractivity contribution is 0.0845. The van der Waals surface area contributed by atoms with Crippen molar-refractivity contribution >= 4 is 7.85 Å². The molecule has 2 aliphatic heterocycles. The van der Waals surface area contributed by atoms with Crippen molar-refractivity contribution < 1.29 is 0 Å². The predicted octanol–water partition coefficient (Wildman–Crippen LogP) is 1.98. The van der Waals surface area contributed by atoms with Crippen molar-refractivity contribution in [1.82, 2.24) is 10.2 Å². The Labute approximate surface area is 137 Å². The fourth-order valence-electron chi connectivity index (χ4n) is 4.20. The van der Waals surface area contributed by atoms with E-state index in [9.17, 15) is 0 Å². The Kier molecular flexibility index (Phi) is 5.25. The van der Waals surface area contributed by atoms with Crippen LogP contribution in [-0.4, -0.2) is 45.5 Å². The lowest BCUT2D eigenvalue weighted by Crippen LogP contribution is -2.49. The maximum absolute atomic E-state index is 3.48. The Morgan fingerprint density at radius 2 is 1.86 bits per heavy atom.